The Balaban J connectivity index is 1.57. The molecule has 6 nitrogen and oxygen atoms in total. The molecule has 0 spiro atoms. The van der Waals surface area contributed by atoms with Gasteiger partial charge >= 0.3 is 0 Å². The van der Waals surface area contributed by atoms with Crippen LogP contribution >= 0.6 is 0 Å². The van der Waals surface area contributed by atoms with E-state index in [4.69, 9.17) is 4.74 Å². The molecule has 1 aromatic heterocycles. The standard InChI is InChI=1S/C25H27N3O3/c1-17-14-21(18(2)28(17)16-19-8-5-4-6-9-19)25(30)26-20-11-12-23(31-3)22(15-20)27-13-7-10-24(27)29/h4-6,8-9,11-12,14-15H,7,10,13,16H2,1-3H3,(H,26,30). The minimum Gasteiger partial charge on any atom is -0.495 e. The molecule has 0 bridgehead atoms. The number of anilines is 2. The van der Waals surface area contributed by atoms with E-state index in [-0.39, 0.29) is 11.8 Å². The second-order valence-corrected chi connectivity index (χ2v) is 7.85. The zero-order valence-electron chi connectivity index (χ0n) is 18.1. The van der Waals surface area contributed by atoms with Crippen molar-refractivity contribution in [3.63, 3.8) is 0 Å². The van der Waals surface area contributed by atoms with Gasteiger partial charge in [0.25, 0.3) is 5.91 Å². The van der Waals surface area contributed by atoms with Crippen LogP contribution in [-0.2, 0) is 11.3 Å². The van der Waals surface area contributed by atoms with Crippen molar-refractivity contribution in [3.05, 3.63) is 77.1 Å². The highest BCUT2D eigenvalue weighted by Gasteiger charge is 2.25. The van der Waals surface area contributed by atoms with Gasteiger partial charge in [0.1, 0.15) is 5.75 Å². The predicted octanol–water partition coefficient (Wildman–Crippen LogP) is 4.54. The molecule has 0 aliphatic carbocycles. The molecule has 0 atom stereocenters. The maximum absolute atomic E-state index is 13.1. The monoisotopic (exact) mass is 417 g/mol. The average Bonchev–Trinajstić information content (AvgIpc) is 3.32. The normalized spacial score (nSPS) is 13.5. The van der Waals surface area contributed by atoms with Crippen LogP contribution in [0, 0.1) is 13.8 Å². The minimum atomic E-state index is -0.170. The molecule has 6 heteroatoms. The van der Waals surface area contributed by atoms with Crippen molar-refractivity contribution in [2.24, 2.45) is 0 Å². The van der Waals surface area contributed by atoms with Crippen molar-refractivity contribution in [1.29, 1.82) is 0 Å². The van der Waals surface area contributed by atoms with Gasteiger partial charge < -0.3 is 19.5 Å². The fourth-order valence-electron chi connectivity index (χ4n) is 4.12. The summed E-state index contributed by atoms with van der Waals surface area (Å²) in [7, 11) is 1.58. The maximum Gasteiger partial charge on any atom is 0.257 e. The molecule has 0 saturated carbocycles. The molecule has 31 heavy (non-hydrogen) atoms. The van der Waals surface area contributed by atoms with Crippen LogP contribution in [0.3, 0.4) is 0 Å². The number of aromatic nitrogens is 1. The van der Waals surface area contributed by atoms with Gasteiger partial charge in [-0.3, -0.25) is 9.59 Å². The first-order valence-electron chi connectivity index (χ1n) is 10.5. The van der Waals surface area contributed by atoms with Gasteiger partial charge in [0.05, 0.1) is 18.4 Å². The largest absolute Gasteiger partial charge is 0.495 e. The number of hydrogen-bond acceptors (Lipinski definition) is 3. The summed E-state index contributed by atoms with van der Waals surface area (Å²) in [5.41, 5.74) is 5.10. The van der Waals surface area contributed by atoms with E-state index in [2.05, 4.69) is 22.0 Å². The Labute approximate surface area is 182 Å². The highest BCUT2D eigenvalue weighted by atomic mass is 16.5. The fraction of sp³-hybridized carbons (Fsp3) is 0.280. The maximum atomic E-state index is 13.1. The van der Waals surface area contributed by atoms with E-state index in [1.54, 1.807) is 24.1 Å². The van der Waals surface area contributed by atoms with Crippen molar-refractivity contribution >= 4 is 23.2 Å². The third-order valence-electron chi connectivity index (χ3n) is 5.80. The topological polar surface area (TPSA) is 63.6 Å². The Morgan fingerprint density at radius 1 is 1.10 bits per heavy atom. The lowest BCUT2D eigenvalue weighted by atomic mass is 10.2. The molecule has 1 aliphatic rings. The van der Waals surface area contributed by atoms with Gasteiger partial charge in [0.15, 0.2) is 0 Å². The van der Waals surface area contributed by atoms with Crippen LogP contribution in [0.15, 0.2) is 54.6 Å². The first-order chi connectivity index (χ1) is 15.0. The Bertz CT molecular complexity index is 1120. The number of nitrogens with zero attached hydrogens (tertiary/aromatic N) is 2. The summed E-state index contributed by atoms with van der Waals surface area (Å²) in [4.78, 5) is 27.0. The SMILES string of the molecule is COc1ccc(NC(=O)c2cc(C)n(Cc3ccccc3)c2C)cc1N1CCCC1=O. The van der Waals surface area contributed by atoms with Gasteiger partial charge in [0.2, 0.25) is 5.91 Å². The van der Waals surface area contributed by atoms with E-state index < -0.39 is 0 Å². The molecular weight excluding hydrogens is 390 g/mol. The number of methoxy groups -OCH3 is 1. The number of hydrogen-bond donors (Lipinski definition) is 1. The first-order valence-corrected chi connectivity index (χ1v) is 10.5. The highest BCUT2D eigenvalue weighted by molar-refractivity contribution is 6.06. The van der Waals surface area contributed by atoms with Crippen molar-refractivity contribution in [2.75, 3.05) is 23.9 Å². The first kappa shape index (κ1) is 20.7. The Hall–Kier alpha value is -3.54. The van der Waals surface area contributed by atoms with E-state index in [9.17, 15) is 9.59 Å². The number of ether oxygens (including phenoxy) is 1. The quantitative estimate of drug-likeness (QED) is 0.640. The molecule has 3 aromatic rings. The highest BCUT2D eigenvalue weighted by Crippen LogP contribution is 2.34. The third kappa shape index (κ3) is 4.19. The van der Waals surface area contributed by atoms with Crippen molar-refractivity contribution in [3.8, 4) is 5.75 Å². The van der Waals surface area contributed by atoms with Crippen LogP contribution < -0.4 is 15.0 Å². The molecule has 2 heterocycles. The zero-order valence-corrected chi connectivity index (χ0v) is 18.1. The number of amides is 2. The molecule has 160 valence electrons. The molecule has 4 rings (SSSR count). The number of rotatable bonds is 6. The lowest BCUT2D eigenvalue weighted by Crippen LogP contribution is -2.24. The molecular formula is C25H27N3O3. The van der Waals surface area contributed by atoms with Crippen molar-refractivity contribution < 1.29 is 14.3 Å². The number of benzene rings is 2. The average molecular weight is 418 g/mol. The van der Waals surface area contributed by atoms with Gasteiger partial charge in [-0.05, 0) is 50.1 Å². The van der Waals surface area contributed by atoms with Crippen LogP contribution in [0.4, 0.5) is 11.4 Å². The molecule has 0 unspecified atom stereocenters. The van der Waals surface area contributed by atoms with E-state index >= 15 is 0 Å². The van der Waals surface area contributed by atoms with Crippen LogP contribution in [-0.4, -0.2) is 30.0 Å². The van der Waals surface area contributed by atoms with E-state index in [0.29, 0.717) is 35.7 Å². The summed E-state index contributed by atoms with van der Waals surface area (Å²) in [5, 5.41) is 2.99. The number of carbonyl (C=O) groups is 2. The van der Waals surface area contributed by atoms with E-state index in [1.165, 1.54) is 5.56 Å². The minimum absolute atomic E-state index is 0.0752. The number of carbonyl (C=O) groups excluding carboxylic acids is 2. The molecule has 1 saturated heterocycles. The molecule has 1 aliphatic heterocycles. The van der Waals surface area contributed by atoms with Gasteiger partial charge in [0, 0.05) is 36.6 Å². The summed E-state index contributed by atoms with van der Waals surface area (Å²) in [6.07, 6.45) is 1.36. The smallest absolute Gasteiger partial charge is 0.257 e. The van der Waals surface area contributed by atoms with Gasteiger partial charge in [-0.15, -0.1) is 0 Å². The van der Waals surface area contributed by atoms with Crippen LogP contribution in [0.2, 0.25) is 0 Å². The predicted molar refractivity (Wildman–Crippen MR) is 122 cm³/mol. The second kappa shape index (κ2) is 8.68. The second-order valence-electron chi connectivity index (χ2n) is 7.85. The number of aryl methyl sites for hydroxylation is 1. The van der Waals surface area contributed by atoms with Crippen LogP contribution in [0.1, 0.15) is 40.2 Å². The summed E-state index contributed by atoms with van der Waals surface area (Å²) in [6, 6.07) is 17.5. The number of nitrogens with one attached hydrogen (secondary N) is 1. The third-order valence-corrected chi connectivity index (χ3v) is 5.80. The summed E-state index contributed by atoms with van der Waals surface area (Å²) < 4.78 is 7.58. The van der Waals surface area contributed by atoms with Crippen molar-refractivity contribution in [2.45, 2.75) is 33.2 Å². The molecule has 2 amide bonds. The van der Waals surface area contributed by atoms with E-state index in [1.807, 2.05) is 44.2 Å². The molecule has 0 radical (unpaired) electrons. The Morgan fingerprint density at radius 2 is 1.87 bits per heavy atom. The van der Waals surface area contributed by atoms with Gasteiger partial charge in [-0.25, -0.2) is 0 Å². The van der Waals surface area contributed by atoms with Crippen LogP contribution in [0.5, 0.6) is 5.75 Å². The Kier molecular flexibility index (Phi) is 5.80. The Morgan fingerprint density at radius 3 is 2.55 bits per heavy atom. The summed E-state index contributed by atoms with van der Waals surface area (Å²) >= 11 is 0. The zero-order chi connectivity index (χ0) is 22.0. The molecule has 1 N–H and O–H groups in total. The molecule has 1 fully saturated rings. The van der Waals surface area contributed by atoms with Crippen molar-refractivity contribution in [1.82, 2.24) is 4.57 Å². The van der Waals surface area contributed by atoms with E-state index in [0.717, 1.165) is 24.4 Å². The molecule has 2 aromatic carbocycles. The van der Waals surface area contributed by atoms with Gasteiger partial charge in [-0.1, -0.05) is 30.3 Å². The lowest BCUT2D eigenvalue weighted by molar-refractivity contribution is -0.117. The van der Waals surface area contributed by atoms with Gasteiger partial charge in [-0.2, -0.15) is 0 Å². The summed E-state index contributed by atoms with van der Waals surface area (Å²) in [6.45, 7) is 5.35. The fourth-order valence-corrected chi connectivity index (χ4v) is 4.12. The van der Waals surface area contributed by atoms with Crippen LogP contribution in [0.25, 0.3) is 0 Å². The summed E-state index contributed by atoms with van der Waals surface area (Å²) in [5.74, 6) is 0.525. The lowest BCUT2D eigenvalue weighted by Gasteiger charge is -2.20.